The SMILES string of the molecule is O=C(O)OS(=O)(=O)OC(=O)O. The van der Waals surface area contributed by atoms with E-state index in [1.165, 1.54) is 0 Å². The molecular weight excluding hydrogens is 184 g/mol. The zero-order valence-corrected chi connectivity index (χ0v) is 5.57. The molecule has 9 heteroatoms. The van der Waals surface area contributed by atoms with Crippen LogP contribution in [-0.4, -0.2) is 30.9 Å². The lowest BCUT2D eigenvalue weighted by molar-refractivity contribution is 0.123. The molecule has 0 fully saturated rings. The van der Waals surface area contributed by atoms with E-state index in [9.17, 15) is 18.0 Å². The lowest BCUT2D eigenvalue weighted by atomic mass is 11.5. The number of carbonyl (C=O) groups is 2. The third kappa shape index (κ3) is 4.96. The monoisotopic (exact) mass is 186 g/mol. The summed E-state index contributed by atoms with van der Waals surface area (Å²) in [5.74, 6) is 0. The van der Waals surface area contributed by atoms with Crippen molar-refractivity contribution >= 4 is 22.7 Å². The molecule has 0 bridgehead atoms. The summed E-state index contributed by atoms with van der Waals surface area (Å²) in [4.78, 5) is 19.0. The normalized spacial score (nSPS) is 10.2. The number of hydrogen-bond acceptors (Lipinski definition) is 6. The average Bonchev–Trinajstić information content (AvgIpc) is 1.53. The quantitative estimate of drug-likeness (QED) is 0.597. The summed E-state index contributed by atoms with van der Waals surface area (Å²) in [6, 6.07) is 0. The first-order valence-corrected chi connectivity index (χ1v) is 3.26. The minimum atomic E-state index is -4.98. The van der Waals surface area contributed by atoms with Crippen LogP contribution in [0.25, 0.3) is 0 Å². The van der Waals surface area contributed by atoms with Gasteiger partial charge in [-0.25, -0.2) is 9.59 Å². The summed E-state index contributed by atoms with van der Waals surface area (Å²) in [5, 5.41) is 15.4. The highest BCUT2D eigenvalue weighted by Crippen LogP contribution is 1.95. The third-order valence-electron chi connectivity index (χ3n) is 0.347. The van der Waals surface area contributed by atoms with Gasteiger partial charge in [-0.15, -0.1) is 8.42 Å². The van der Waals surface area contributed by atoms with Crippen molar-refractivity contribution < 1.29 is 36.6 Å². The van der Waals surface area contributed by atoms with E-state index in [0.29, 0.717) is 0 Å². The third-order valence-corrected chi connectivity index (χ3v) is 1.04. The first-order valence-electron chi connectivity index (χ1n) is 1.93. The first-order chi connectivity index (χ1) is 4.83. The van der Waals surface area contributed by atoms with Crippen LogP contribution in [0.5, 0.6) is 0 Å². The molecule has 0 radical (unpaired) electrons. The molecule has 8 nitrogen and oxygen atoms in total. The fraction of sp³-hybridized carbons (Fsp3) is 0. The standard InChI is InChI=1S/C2H2O8S/c3-1(4)9-11(7,8)10-2(5)6/h(H,3,4)(H,5,6). The minimum absolute atomic E-state index is 2.17. The maximum Gasteiger partial charge on any atom is 0.524 e. The summed E-state index contributed by atoms with van der Waals surface area (Å²) in [7, 11) is -4.98. The molecule has 11 heavy (non-hydrogen) atoms. The van der Waals surface area contributed by atoms with Gasteiger partial charge in [0.25, 0.3) is 0 Å². The average molecular weight is 186 g/mol. The Bertz CT molecular complexity index is 238. The lowest BCUT2D eigenvalue weighted by Crippen LogP contribution is -2.16. The zero-order chi connectivity index (χ0) is 9.07. The molecule has 0 spiro atoms. The number of carboxylic acid groups (broad SMARTS) is 2. The van der Waals surface area contributed by atoms with Gasteiger partial charge in [0.15, 0.2) is 0 Å². The van der Waals surface area contributed by atoms with Crippen LogP contribution >= 0.6 is 0 Å². The summed E-state index contributed by atoms with van der Waals surface area (Å²) in [6.07, 6.45) is -4.35. The predicted octanol–water partition coefficient (Wildman–Crippen LogP) is -0.380. The molecule has 0 rings (SSSR count). The highest BCUT2D eigenvalue weighted by Gasteiger charge is 2.21. The van der Waals surface area contributed by atoms with E-state index in [1.54, 1.807) is 0 Å². The molecule has 2 N–H and O–H groups in total. The Morgan fingerprint density at radius 3 is 1.45 bits per heavy atom. The van der Waals surface area contributed by atoms with E-state index in [4.69, 9.17) is 10.2 Å². The van der Waals surface area contributed by atoms with Gasteiger partial charge < -0.3 is 10.2 Å². The molecule has 0 aliphatic carbocycles. The molecule has 0 aliphatic rings. The van der Waals surface area contributed by atoms with Gasteiger partial charge in [0.05, 0.1) is 0 Å². The van der Waals surface area contributed by atoms with Crippen molar-refractivity contribution in [2.45, 2.75) is 0 Å². The molecule has 64 valence electrons. The second-order valence-corrected chi connectivity index (χ2v) is 2.26. The van der Waals surface area contributed by atoms with Gasteiger partial charge in [-0.1, -0.05) is 0 Å². The van der Waals surface area contributed by atoms with Gasteiger partial charge >= 0.3 is 22.7 Å². The van der Waals surface area contributed by atoms with Gasteiger partial charge in [0.1, 0.15) is 0 Å². The molecule has 0 aliphatic heterocycles. The van der Waals surface area contributed by atoms with Crippen molar-refractivity contribution in [3.8, 4) is 0 Å². The second kappa shape index (κ2) is 3.05. The van der Waals surface area contributed by atoms with Crippen LogP contribution in [0.15, 0.2) is 0 Å². The van der Waals surface area contributed by atoms with Crippen molar-refractivity contribution in [2.75, 3.05) is 0 Å². The van der Waals surface area contributed by atoms with Gasteiger partial charge in [0.2, 0.25) is 0 Å². The topological polar surface area (TPSA) is 127 Å². The van der Waals surface area contributed by atoms with Crippen molar-refractivity contribution in [3.05, 3.63) is 0 Å². The Morgan fingerprint density at radius 2 is 1.27 bits per heavy atom. The Morgan fingerprint density at radius 1 is 1.00 bits per heavy atom. The smallest absolute Gasteiger partial charge is 0.449 e. The Hall–Kier alpha value is -1.51. The van der Waals surface area contributed by atoms with Crippen LogP contribution in [0.2, 0.25) is 0 Å². The molecule has 0 unspecified atom stereocenters. The molecular formula is C2H2O8S. The van der Waals surface area contributed by atoms with Gasteiger partial charge in [-0.05, 0) is 0 Å². The molecule has 0 aromatic rings. The van der Waals surface area contributed by atoms with E-state index in [1.807, 2.05) is 0 Å². The Balaban J connectivity index is 4.25. The van der Waals surface area contributed by atoms with E-state index < -0.39 is 22.7 Å². The molecule has 0 amide bonds. The van der Waals surface area contributed by atoms with Crippen LogP contribution < -0.4 is 0 Å². The zero-order valence-electron chi connectivity index (χ0n) is 4.75. The summed E-state index contributed by atoms with van der Waals surface area (Å²) >= 11 is 0. The van der Waals surface area contributed by atoms with Gasteiger partial charge in [-0.2, -0.15) is 0 Å². The van der Waals surface area contributed by atoms with E-state index >= 15 is 0 Å². The summed E-state index contributed by atoms with van der Waals surface area (Å²) in [6.45, 7) is 0. The van der Waals surface area contributed by atoms with Gasteiger partial charge in [-0.3, -0.25) is 8.37 Å². The minimum Gasteiger partial charge on any atom is -0.449 e. The largest absolute Gasteiger partial charge is 0.524 e. The summed E-state index contributed by atoms with van der Waals surface area (Å²) < 4.78 is 26.2. The van der Waals surface area contributed by atoms with E-state index in [0.717, 1.165) is 0 Å². The Labute approximate surface area is 60.3 Å². The highest BCUT2D eigenvalue weighted by atomic mass is 32.3. The fourth-order valence-corrected chi connectivity index (χ4v) is 0.575. The maximum absolute atomic E-state index is 10.0. The highest BCUT2D eigenvalue weighted by molar-refractivity contribution is 7.82. The molecule has 0 aromatic carbocycles. The Kier molecular flexibility index (Phi) is 2.63. The molecule has 0 saturated carbocycles. The maximum atomic E-state index is 10.0. The van der Waals surface area contributed by atoms with Crippen LogP contribution in [0.4, 0.5) is 9.59 Å². The number of rotatable bonds is 2. The number of hydrogen-bond donors (Lipinski definition) is 2. The lowest BCUT2D eigenvalue weighted by Gasteiger charge is -1.96. The first kappa shape index (κ1) is 9.49. The van der Waals surface area contributed by atoms with Crippen LogP contribution in [0.1, 0.15) is 0 Å². The van der Waals surface area contributed by atoms with Gasteiger partial charge in [0, 0.05) is 0 Å². The molecule has 0 atom stereocenters. The van der Waals surface area contributed by atoms with Crippen LogP contribution in [0.3, 0.4) is 0 Å². The van der Waals surface area contributed by atoms with Crippen molar-refractivity contribution in [2.24, 2.45) is 0 Å². The van der Waals surface area contributed by atoms with Crippen molar-refractivity contribution in [1.29, 1.82) is 0 Å². The van der Waals surface area contributed by atoms with E-state index in [-0.39, 0.29) is 0 Å². The predicted molar refractivity (Wildman–Crippen MR) is 27.1 cm³/mol. The molecule has 0 heterocycles. The van der Waals surface area contributed by atoms with Crippen molar-refractivity contribution in [1.82, 2.24) is 0 Å². The molecule has 0 saturated heterocycles. The molecule has 0 aromatic heterocycles. The summed E-state index contributed by atoms with van der Waals surface area (Å²) in [5.41, 5.74) is 0. The van der Waals surface area contributed by atoms with Crippen LogP contribution in [0, 0.1) is 0 Å². The fourth-order valence-electron chi connectivity index (χ4n) is 0.192. The van der Waals surface area contributed by atoms with Crippen LogP contribution in [-0.2, 0) is 18.8 Å². The van der Waals surface area contributed by atoms with E-state index in [2.05, 4.69) is 8.37 Å². The van der Waals surface area contributed by atoms with Crippen molar-refractivity contribution in [3.63, 3.8) is 0 Å². The second-order valence-electron chi connectivity index (χ2n) is 1.11.